The van der Waals surface area contributed by atoms with E-state index in [-0.39, 0.29) is 22.9 Å². The molecular weight excluding hydrogens is 438 g/mol. The van der Waals surface area contributed by atoms with Gasteiger partial charge in [0.25, 0.3) is 5.91 Å². The first-order valence-corrected chi connectivity index (χ1v) is 12.0. The molecule has 7 nitrogen and oxygen atoms in total. The Balaban J connectivity index is 1.53. The number of benzene rings is 3. The van der Waals surface area contributed by atoms with Crippen molar-refractivity contribution < 1.29 is 18.0 Å². The number of hydrogen-bond acceptors (Lipinski definition) is 4. The first kappa shape index (κ1) is 22.7. The third-order valence-electron chi connectivity index (χ3n) is 5.79. The minimum Gasteiger partial charge on any atom is -0.366 e. The molecule has 0 aliphatic carbocycles. The predicted molar refractivity (Wildman–Crippen MR) is 125 cm³/mol. The molecule has 33 heavy (non-hydrogen) atoms. The molecule has 0 bridgehead atoms. The molecule has 3 aromatic carbocycles. The van der Waals surface area contributed by atoms with Crippen LogP contribution in [0, 0.1) is 0 Å². The summed E-state index contributed by atoms with van der Waals surface area (Å²) in [6.07, 6.45) is 0.654. The van der Waals surface area contributed by atoms with Gasteiger partial charge in [-0.3, -0.25) is 9.59 Å². The Morgan fingerprint density at radius 3 is 2.39 bits per heavy atom. The third-order valence-corrected chi connectivity index (χ3v) is 7.63. The summed E-state index contributed by atoms with van der Waals surface area (Å²) in [7, 11) is -2.12. The summed E-state index contributed by atoms with van der Waals surface area (Å²) in [5.74, 6) is -0.857. The number of hydrogen-bond donors (Lipinski definition) is 1. The number of carbonyl (C=O) groups excluding carboxylic acids is 2. The SMILES string of the molecule is CN(Cc1cccc(C(N)=O)c1)C(=O)c1cccc(S(=O)(=O)N2CCc3ccccc3C2)c1. The van der Waals surface area contributed by atoms with Crippen LogP contribution >= 0.6 is 0 Å². The highest BCUT2D eigenvalue weighted by Gasteiger charge is 2.29. The van der Waals surface area contributed by atoms with Crippen molar-refractivity contribution in [2.45, 2.75) is 24.4 Å². The van der Waals surface area contributed by atoms with Crippen molar-refractivity contribution in [1.82, 2.24) is 9.21 Å². The van der Waals surface area contributed by atoms with E-state index in [4.69, 9.17) is 5.73 Å². The molecule has 0 aromatic heterocycles. The van der Waals surface area contributed by atoms with Crippen LogP contribution in [0.5, 0.6) is 0 Å². The molecular formula is C25H25N3O4S. The van der Waals surface area contributed by atoms with Crippen molar-refractivity contribution in [3.8, 4) is 0 Å². The monoisotopic (exact) mass is 463 g/mol. The van der Waals surface area contributed by atoms with Crippen molar-refractivity contribution in [3.63, 3.8) is 0 Å². The second kappa shape index (κ2) is 9.17. The molecule has 1 aliphatic rings. The van der Waals surface area contributed by atoms with Crippen molar-refractivity contribution >= 4 is 21.8 Å². The van der Waals surface area contributed by atoms with E-state index in [1.807, 2.05) is 24.3 Å². The average molecular weight is 464 g/mol. The molecule has 170 valence electrons. The fourth-order valence-corrected chi connectivity index (χ4v) is 5.47. The maximum absolute atomic E-state index is 13.3. The van der Waals surface area contributed by atoms with Crippen molar-refractivity contribution in [2.24, 2.45) is 5.73 Å². The molecule has 2 N–H and O–H groups in total. The van der Waals surface area contributed by atoms with Gasteiger partial charge in [-0.15, -0.1) is 0 Å². The third kappa shape index (κ3) is 4.81. The lowest BCUT2D eigenvalue weighted by molar-refractivity contribution is 0.0785. The standard InChI is InChI=1S/C25H25N3O4S/c1-27(16-18-6-4-9-20(14-18)24(26)29)25(30)21-10-5-11-23(15-21)33(31,32)28-13-12-19-7-2-3-8-22(19)17-28/h2-11,14-15H,12-13,16-17H2,1H3,(H2,26,29). The molecule has 2 amide bonds. The molecule has 1 aliphatic heterocycles. The Hall–Kier alpha value is -3.49. The van der Waals surface area contributed by atoms with Gasteiger partial charge in [-0.1, -0.05) is 42.5 Å². The molecule has 8 heteroatoms. The summed E-state index contributed by atoms with van der Waals surface area (Å²) >= 11 is 0. The molecule has 0 atom stereocenters. The van der Waals surface area contributed by atoms with E-state index in [0.717, 1.165) is 16.7 Å². The van der Waals surface area contributed by atoms with Crippen molar-refractivity contribution in [1.29, 1.82) is 0 Å². The largest absolute Gasteiger partial charge is 0.366 e. The fourth-order valence-electron chi connectivity index (χ4n) is 4.00. The smallest absolute Gasteiger partial charge is 0.253 e. The highest BCUT2D eigenvalue weighted by Crippen LogP contribution is 2.25. The lowest BCUT2D eigenvalue weighted by atomic mass is 10.0. The van der Waals surface area contributed by atoms with Gasteiger partial charge in [-0.2, -0.15) is 4.31 Å². The Morgan fingerprint density at radius 1 is 0.939 bits per heavy atom. The second-order valence-corrected chi connectivity index (χ2v) is 10.0. The zero-order chi connectivity index (χ0) is 23.6. The summed E-state index contributed by atoms with van der Waals surface area (Å²) in [6, 6.07) is 20.7. The summed E-state index contributed by atoms with van der Waals surface area (Å²) in [4.78, 5) is 26.0. The van der Waals surface area contributed by atoms with Crippen molar-refractivity contribution in [2.75, 3.05) is 13.6 Å². The normalized spacial score (nSPS) is 13.8. The fraction of sp³-hybridized carbons (Fsp3) is 0.200. The molecule has 0 saturated heterocycles. The number of primary amides is 1. The molecule has 0 fully saturated rings. The zero-order valence-electron chi connectivity index (χ0n) is 18.3. The van der Waals surface area contributed by atoms with Crippen LogP contribution in [0.4, 0.5) is 0 Å². The number of rotatable bonds is 6. The molecule has 0 unspecified atom stereocenters. The van der Waals surface area contributed by atoms with Gasteiger partial charge in [0, 0.05) is 37.8 Å². The van der Waals surface area contributed by atoms with Gasteiger partial charge in [0.15, 0.2) is 0 Å². The van der Waals surface area contributed by atoms with Crippen LogP contribution in [0.25, 0.3) is 0 Å². The summed E-state index contributed by atoms with van der Waals surface area (Å²) in [5, 5.41) is 0. The Morgan fingerprint density at radius 2 is 1.64 bits per heavy atom. The van der Waals surface area contributed by atoms with Crippen LogP contribution in [0.1, 0.15) is 37.4 Å². The van der Waals surface area contributed by atoms with Crippen LogP contribution < -0.4 is 5.73 Å². The Bertz CT molecular complexity index is 1320. The predicted octanol–water partition coefficient (Wildman–Crippen LogP) is 2.80. The molecule has 0 saturated carbocycles. The summed E-state index contributed by atoms with van der Waals surface area (Å²) in [5.41, 5.74) is 8.88. The number of nitrogens with zero attached hydrogens (tertiary/aromatic N) is 2. The molecule has 0 radical (unpaired) electrons. The van der Waals surface area contributed by atoms with Gasteiger partial charge in [-0.25, -0.2) is 8.42 Å². The maximum atomic E-state index is 13.3. The Labute approximate surface area is 193 Å². The minimum atomic E-state index is -3.75. The van der Waals surface area contributed by atoms with Gasteiger partial charge in [-0.05, 0) is 53.4 Å². The topological polar surface area (TPSA) is 101 Å². The molecule has 1 heterocycles. The maximum Gasteiger partial charge on any atom is 0.253 e. The number of amides is 2. The first-order valence-electron chi connectivity index (χ1n) is 10.6. The van der Waals surface area contributed by atoms with E-state index in [1.54, 1.807) is 43.4 Å². The first-order chi connectivity index (χ1) is 15.8. The quantitative estimate of drug-likeness (QED) is 0.607. The lowest BCUT2D eigenvalue weighted by Gasteiger charge is -2.28. The number of carbonyl (C=O) groups is 2. The van der Waals surface area contributed by atoms with E-state index in [9.17, 15) is 18.0 Å². The molecule has 4 rings (SSSR count). The van der Waals surface area contributed by atoms with E-state index < -0.39 is 15.9 Å². The molecule has 3 aromatic rings. The van der Waals surface area contributed by atoms with Gasteiger partial charge >= 0.3 is 0 Å². The molecule has 0 spiro atoms. The van der Waals surface area contributed by atoms with Crippen molar-refractivity contribution in [3.05, 3.63) is 101 Å². The second-order valence-electron chi connectivity index (χ2n) is 8.11. The van der Waals surface area contributed by atoms with Gasteiger partial charge in [0.05, 0.1) is 4.90 Å². The van der Waals surface area contributed by atoms with Crippen LogP contribution in [0.2, 0.25) is 0 Å². The highest BCUT2D eigenvalue weighted by molar-refractivity contribution is 7.89. The van der Waals surface area contributed by atoms with Crippen LogP contribution in [-0.4, -0.2) is 43.0 Å². The van der Waals surface area contributed by atoms with Gasteiger partial charge in [0.1, 0.15) is 0 Å². The summed E-state index contributed by atoms with van der Waals surface area (Å²) in [6.45, 7) is 0.959. The zero-order valence-corrected chi connectivity index (χ0v) is 19.1. The van der Waals surface area contributed by atoms with Gasteiger partial charge < -0.3 is 10.6 Å². The number of nitrogens with two attached hydrogens (primary N) is 1. The lowest BCUT2D eigenvalue weighted by Crippen LogP contribution is -2.36. The number of fused-ring (bicyclic) bond motifs is 1. The Kier molecular flexibility index (Phi) is 6.31. The van der Waals surface area contributed by atoms with Crippen LogP contribution in [0.3, 0.4) is 0 Å². The minimum absolute atomic E-state index is 0.0943. The van der Waals surface area contributed by atoms with E-state index in [1.165, 1.54) is 21.3 Å². The van der Waals surface area contributed by atoms with E-state index >= 15 is 0 Å². The average Bonchev–Trinajstić information content (AvgIpc) is 2.83. The van der Waals surface area contributed by atoms with E-state index in [0.29, 0.717) is 25.1 Å². The van der Waals surface area contributed by atoms with Crippen LogP contribution in [0.15, 0.2) is 77.7 Å². The van der Waals surface area contributed by atoms with Crippen LogP contribution in [-0.2, 0) is 29.5 Å². The number of sulfonamides is 1. The van der Waals surface area contributed by atoms with E-state index in [2.05, 4.69) is 0 Å². The van der Waals surface area contributed by atoms with Gasteiger partial charge in [0.2, 0.25) is 15.9 Å². The highest BCUT2D eigenvalue weighted by atomic mass is 32.2. The summed E-state index contributed by atoms with van der Waals surface area (Å²) < 4.78 is 28.0.